The second kappa shape index (κ2) is 7.39. The highest BCUT2D eigenvalue weighted by atomic mass is 16.5. The van der Waals surface area contributed by atoms with Crippen molar-refractivity contribution in [2.24, 2.45) is 0 Å². The second-order valence-corrected chi connectivity index (χ2v) is 5.79. The largest absolute Gasteiger partial charge is 0.482 e. The van der Waals surface area contributed by atoms with Crippen molar-refractivity contribution in [2.45, 2.75) is 25.8 Å². The molecule has 1 aliphatic heterocycles. The smallest absolute Gasteiger partial charge is 0.261 e. The minimum absolute atomic E-state index is 0.0760. The van der Waals surface area contributed by atoms with Crippen LogP contribution in [0.4, 0.5) is 0 Å². The fraction of sp³-hybridized carbons (Fsp3) is 0.500. The number of ether oxygens (including phenoxy) is 2. The van der Waals surface area contributed by atoms with Crippen molar-refractivity contribution in [3.63, 3.8) is 0 Å². The Balaban J connectivity index is 1.68. The molecule has 128 valence electrons. The molecule has 3 rings (SSSR count). The molecule has 24 heavy (non-hydrogen) atoms. The van der Waals surface area contributed by atoms with Gasteiger partial charge in [0.05, 0.1) is 19.4 Å². The molecule has 1 fully saturated rings. The first kappa shape index (κ1) is 16.4. The first-order chi connectivity index (χ1) is 11.6. The van der Waals surface area contributed by atoms with Crippen LogP contribution in [0.25, 0.3) is 0 Å². The lowest BCUT2D eigenvalue weighted by Gasteiger charge is -2.33. The molecule has 0 aliphatic carbocycles. The number of amides is 1. The van der Waals surface area contributed by atoms with Crippen LogP contribution in [0.15, 0.2) is 28.9 Å². The van der Waals surface area contributed by atoms with Gasteiger partial charge in [0, 0.05) is 18.7 Å². The van der Waals surface area contributed by atoms with Gasteiger partial charge in [-0.3, -0.25) is 9.78 Å². The Hall–Kier alpha value is -2.48. The Morgan fingerprint density at radius 1 is 1.46 bits per heavy atom. The Morgan fingerprint density at radius 2 is 2.33 bits per heavy atom. The van der Waals surface area contributed by atoms with Gasteiger partial charge in [0.1, 0.15) is 11.8 Å². The number of pyridine rings is 1. The minimum atomic E-state index is -0.385. The van der Waals surface area contributed by atoms with Crippen molar-refractivity contribution in [3.05, 3.63) is 36.3 Å². The number of carbonyl (C=O) groups is 1. The van der Waals surface area contributed by atoms with Gasteiger partial charge >= 0.3 is 0 Å². The molecule has 8 nitrogen and oxygen atoms in total. The van der Waals surface area contributed by atoms with Gasteiger partial charge in [-0.2, -0.15) is 0 Å². The summed E-state index contributed by atoms with van der Waals surface area (Å²) in [4.78, 5) is 18.1. The summed E-state index contributed by atoms with van der Waals surface area (Å²) in [5.74, 6) is 1.48. The second-order valence-electron chi connectivity index (χ2n) is 5.79. The molecule has 0 unspecified atom stereocenters. The van der Waals surface area contributed by atoms with E-state index in [1.54, 1.807) is 29.4 Å². The molecule has 1 atom stereocenters. The molecular formula is C16H20N4O4. The summed E-state index contributed by atoms with van der Waals surface area (Å²) in [6.45, 7) is 5.13. The van der Waals surface area contributed by atoms with Crippen LogP contribution >= 0.6 is 0 Å². The fourth-order valence-corrected chi connectivity index (χ4v) is 2.38. The van der Waals surface area contributed by atoms with E-state index in [9.17, 15) is 4.79 Å². The monoisotopic (exact) mass is 332 g/mol. The summed E-state index contributed by atoms with van der Waals surface area (Å²) in [5.41, 5.74) is 0. The number of hydrogen-bond acceptors (Lipinski definition) is 7. The molecule has 0 spiro atoms. The number of carbonyl (C=O) groups excluding carboxylic acids is 1. The molecular weight excluding hydrogens is 312 g/mol. The maximum absolute atomic E-state index is 12.5. The molecule has 0 aromatic carbocycles. The number of morpholine rings is 1. The Labute approximate surface area is 139 Å². The number of hydrogen-bond donors (Lipinski definition) is 0. The quantitative estimate of drug-likeness (QED) is 0.820. The molecule has 1 amide bonds. The van der Waals surface area contributed by atoms with E-state index >= 15 is 0 Å². The van der Waals surface area contributed by atoms with Crippen molar-refractivity contribution in [2.75, 3.05) is 26.4 Å². The molecule has 1 aliphatic rings. The number of rotatable bonds is 5. The van der Waals surface area contributed by atoms with E-state index in [2.05, 4.69) is 15.2 Å². The average molecular weight is 332 g/mol. The lowest BCUT2D eigenvalue weighted by molar-refractivity contribution is -0.143. The SMILES string of the molecule is CC(C)c1nnc([C@@H]2COCCN2C(=O)COc2cccnc2)o1. The van der Waals surface area contributed by atoms with Gasteiger partial charge in [-0.1, -0.05) is 13.8 Å². The van der Waals surface area contributed by atoms with E-state index in [-0.39, 0.29) is 24.5 Å². The van der Waals surface area contributed by atoms with E-state index in [0.717, 1.165) is 0 Å². The maximum atomic E-state index is 12.5. The molecule has 0 saturated carbocycles. The summed E-state index contributed by atoms with van der Waals surface area (Å²) < 4.78 is 16.6. The summed E-state index contributed by atoms with van der Waals surface area (Å²) in [7, 11) is 0. The van der Waals surface area contributed by atoms with Crippen LogP contribution in [0, 0.1) is 0 Å². The van der Waals surface area contributed by atoms with E-state index in [1.807, 2.05) is 13.8 Å². The summed E-state index contributed by atoms with van der Waals surface area (Å²) in [5, 5.41) is 8.10. The first-order valence-electron chi connectivity index (χ1n) is 7.88. The normalized spacial score (nSPS) is 18.0. The maximum Gasteiger partial charge on any atom is 0.261 e. The molecule has 2 aromatic heterocycles. The van der Waals surface area contributed by atoms with E-state index in [1.165, 1.54) is 0 Å². The van der Waals surface area contributed by atoms with Crippen molar-refractivity contribution in [3.8, 4) is 5.75 Å². The topological polar surface area (TPSA) is 90.6 Å². The number of nitrogens with zero attached hydrogens (tertiary/aromatic N) is 4. The van der Waals surface area contributed by atoms with Crippen LogP contribution in [0.2, 0.25) is 0 Å². The van der Waals surface area contributed by atoms with Gasteiger partial charge < -0.3 is 18.8 Å². The third kappa shape index (κ3) is 3.70. The zero-order valence-electron chi connectivity index (χ0n) is 13.7. The Morgan fingerprint density at radius 3 is 3.04 bits per heavy atom. The third-order valence-corrected chi connectivity index (χ3v) is 3.68. The fourth-order valence-electron chi connectivity index (χ4n) is 2.38. The van der Waals surface area contributed by atoms with E-state index in [4.69, 9.17) is 13.9 Å². The van der Waals surface area contributed by atoms with Gasteiger partial charge in [-0.05, 0) is 12.1 Å². The van der Waals surface area contributed by atoms with Crippen molar-refractivity contribution in [1.29, 1.82) is 0 Å². The molecule has 3 heterocycles. The van der Waals surface area contributed by atoms with Crippen LogP contribution < -0.4 is 4.74 Å². The van der Waals surface area contributed by atoms with Gasteiger partial charge in [0.25, 0.3) is 5.91 Å². The lowest BCUT2D eigenvalue weighted by atomic mass is 10.2. The highest BCUT2D eigenvalue weighted by molar-refractivity contribution is 5.78. The minimum Gasteiger partial charge on any atom is -0.482 e. The highest BCUT2D eigenvalue weighted by Crippen LogP contribution is 2.25. The summed E-state index contributed by atoms with van der Waals surface area (Å²) in [6, 6.07) is 3.12. The summed E-state index contributed by atoms with van der Waals surface area (Å²) in [6.07, 6.45) is 3.21. The predicted octanol–water partition coefficient (Wildman–Crippen LogP) is 1.57. The van der Waals surface area contributed by atoms with Gasteiger partial charge in [-0.25, -0.2) is 0 Å². The molecule has 8 heteroatoms. The van der Waals surface area contributed by atoms with Crippen molar-refractivity contribution in [1.82, 2.24) is 20.1 Å². The van der Waals surface area contributed by atoms with Crippen LogP contribution in [0.3, 0.4) is 0 Å². The molecule has 0 radical (unpaired) electrons. The summed E-state index contributed by atoms with van der Waals surface area (Å²) >= 11 is 0. The lowest BCUT2D eigenvalue weighted by Crippen LogP contribution is -2.45. The standard InChI is InChI=1S/C16H20N4O4/c1-11(2)15-18-19-16(24-15)13-9-22-7-6-20(13)14(21)10-23-12-4-3-5-17-8-12/h3-5,8,11,13H,6-7,9-10H2,1-2H3/t13-/m0/s1. The van der Waals surface area contributed by atoms with Crippen LogP contribution in [-0.2, 0) is 9.53 Å². The zero-order valence-corrected chi connectivity index (χ0v) is 13.7. The van der Waals surface area contributed by atoms with Crippen LogP contribution in [0.5, 0.6) is 5.75 Å². The van der Waals surface area contributed by atoms with E-state index in [0.29, 0.717) is 37.3 Å². The third-order valence-electron chi connectivity index (χ3n) is 3.68. The van der Waals surface area contributed by atoms with Gasteiger partial charge in [0.15, 0.2) is 6.61 Å². The molecule has 1 saturated heterocycles. The Bertz CT molecular complexity index is 674. The molecule has 2 aromatic rings. The predicted molar refractivity (Wildman–Crippen MR) is 83.4 cm³/mol. The van der Waals surface area contributed by atoms with Crippen LogP contribution in [-0.4, -0.2) is 52.4 Å². The average Bonchev–Trinajstić information content (AvgIpc) is 3.11. The van der Waals surface area contributed by atoms with Crippen LogP contribution in [0.1, 0.15) is 37.6 Å². The number of aromatic nitrogens is 3. The van der Waals surface area contributed by atoms with Crippen molar-refractivity contribution < 1.29 is 18.7 Å². The molecule has 0 bridgehead atoms. The van der Waals surface area contributed by atoms with E-state index < -0.39 is 0 Å². The first-order valence-corrected chi connectivity index (χ1v) is 7.88. The van der Waals surface area contributed by atoms with Crippen molar-refractivity contribution >= 4 is 5.91 Å². The van der Waals surface area contributed by atoms with Gasteiger partial charge in [0.2, 0.25) is 11.8 Å². The van der Waals surface area contributed by atoms with Gasteiger partial charge in [-0.15, -0.1) is 10.2 Å². The molecule has 0 N–H and O–H groups in total. The zero-order chi connectivity index (χ0) is 16.9. The Kier molecular flexibility index (Phi) is 5.05. The highest BCUT2D eigenvalue weighted by Gasteiger charge is 2.33.